The first-order valence-corrected chi connectivity index (χ1v) is 3.32. The largest absolute Gasteiger partial charge is 0.473 e. The van der Waals surface area contributed by atoms with Crippen LogP contribution in [0.3, 0.4) is 0 Å². The Kier molecular flexibility index (Phi) is 25.9. The zero-order chi connectivity index (χ0) is 15.5. The van der Waals surface area contributed by atoms with E-state index >= 15 is 0 Å². The minimum Gasteiger partial charge on any atom is -0.473 e. The maximum absolute atomic E-state index is 9.10. The van der Waals surface area contributed by atoms with Crippen molar-refractivity contribution in [2.45, 2.75) is 0 Å². The van der Waals surface area contributed by atoms with Crippen LogP contribution in [0.25, 0.3) is 0 Å². The van der Waals surface area contributed by atoms with E-state index in [0.717, 1.165) is 0 Å². The second kappa shape index (κ2) is 16.9. The fourth-order valence-corrected chi connectivity index (χ4v) is 0. The van der Waals surface area contributed by atoms with Gasteiger partial charge in [0, 0.05) is 34.1 Å². The third-order valence-corrected chi connectivity index (χ3v) is 0.549. The number of carboxylic acids is 6. The Balaban J connectivity index is -0.0000000536. The summed E-state index contributed by atoms with van der Waals surface area (Å²) in [6, 6.07) is 0. The fraction of sp³-hybridized carbons (Fsp3) is 0. The number of hydrogen-bond acceptors (Lipinski definition) is 6. The molecule has 6 N–H and O–H groups in total. The van der Waals surface area contributed by atoms with Crippen molar-refractivity contribution in [2.24, 2.45) is 0 Å². The molecule has 0 fully saturated rings. The molecule has 14 heteroatoms. The van der Waals surface area contributed by atoms with Crippen LogP contribution < -0.4 is 0 Å². The van der Waals surface area contributed by atoms with E-state index in [-0.39, 0.29) is 34.1 Å². The van der Waals surface area contributed by atoms with Crippen LogP contribution in [-0.4, -0.2) is 66.5 Å². The predicted molar refractivity (Wildman–Crippen MR) is 45.8 cm³/mol. The average molecular weight is 382 g/mol. The van der Waals surface area contributed by atoms with Gasteiger partial charge in [0.1, 0.15) is 0 Å². The Hall–Kier alpha value is -2.14. The van der Waals surface area contributed by atoms with Gasteiger partial charge in [0.15, 0.2) is 0 Å². The van der Waals surface area contributed by atoms with Crippen LogP contribution in [0.2, 0.25) is 0 Å². The van der Waals surface area contributed by atoms with Crippen LogP contribution in [0.15, 0.2) is 0 Å². The number of aliphatic carboxylic acids is 6. The van der Waals surface area contributed by atoms with E-state index in [1.54, 1.807) is 0 Å². The van der Waals surface area contributed by atoms with Crippen LogP contribution in [0.1, 0.15) is 0 Å². The second-order valence-electron chi connectivity index (χ2n) is 1.83. The van der Waals surface area contributed by atoms with E-state index in [9.17, 15) is 0 Å². The summed E-state index contributed by atoms with van der Waals surface area (Å²) >= 11 is 0. The first-order valence-electron chi connectivity index (χ1n) is 3.32. The third kappa shape index (κ3) is 36.0. The summed E-state index contributed by atoms with van der Waals surface area (Å²) in [4.78, 5) is 54.6. The van der Waals surface area contributed by atoms with Crippen LogP contribution in [0.5, 0.6) is 0 Å². The van der Waals surface area contributed by atoms with E-state index in [2.05, 4.69) is 0 Å². The Morgan fingerprint density at radius 1 is 0.350 bits per heavy atom. The van der Waals surface area contributed by atoms with Crippen LogP contribution in [0.4, 0.5) is 0 Å². The van der Waals surface area contributed by atoms with Crippen molar-refractivity contribution in [3.8, 4) is 0 Å². The van der Waals surface area contributed by atoms with Gasteiger partial charge >= 0.3 is 35.8 Å². The molecule has 0 unspecified atom stereocenters. The Morgan fingerprint density at radius 3 is 0.400 bits per heavy atom. The molecule has 0 spiro atoms. The first kappa shape index (κ1) is 30.7. The van der Waals surface area contributed by atoms with Gasteiger partial charge in [0.2, 0.25) is 0 Å². The van der Waals surface area contributed by atoms with Gasteiger partial charge < -0.3 is 30.6 Å². The summed E-state index contributed by atoms with van der Waals surface area (Å²) in [5.41, 5.74) is 0. The van der Waals surface area contributed by atoms with E-state index < -0.39 is 35.8 Å². The summed E-state index contributed by atoms with van der Waals surface area (Å²) < 4.78 is 0. The van der Waals surface area contributed by atoms with Crippen LogP contribution >= 0.6 is 0 Å². The van der Waals surface area contributed by atoms with E-state index in [1.165, 1.54) is 0 Å². The molecule has 0 aliphatic rings. The average Bonchev–Trinajstić information content (AvgIpc) is 2.18. The van der Waals surface area contributed by atoms with Gasteiger partial charge in [-0.3, -0.25) is 0 Å². The number of carboxylic acid groups (broad SMARTS) is 6. The van der Waals surface area contributed by atoms with Crippen molar-refractivity contribution in [3.05, 3.63) is 0 Å². The molecule has 20 heavy (non-hydrogen) atoms. The number of hydrogen-bond donors (Lipinski definition) is 6. The maximum atomic E-state index is 9.10. The van der Waals surface area contributed by atoms with Crippen molar-refractivity contribution >= 4 is 35.8 Å². The van der Waals surface area contributed by atoms with Gasteiger partial charge in [-0.25, -0.2) is 28.8 Å². The molecule has 118 valence electrons. The first-order chi connectivity index (χ1) is 7.93. The molecule has 0 aromatic carbocycles. The predicted octanol–water partition coefficient (Wildman–Crippen LogP) is -2.54. The minimum absolute atomic E-state index is 0. The molecule has 0 radical (unpaired) electrons. The molecule has 12 nitrogen and oxygen atoms in total. The van der Waals surface area contributed by atoms with Crippen LogP contribution in [0, 0.1) is 0 Å². The molecule has 0 aliphatic carbocycles. The molecule has 0 saturated carbocycles. The fourth-order valence-electron chi connectivity index (χ4n) is 0. The van der Waals surface area contributed by atoms with Crippen molar-refractivity contribution in [1.82, 2.24) is 0 Å². The molecule has 0 aromatic rings. The molecule has 0 heterocycles. The van der Waals surface area contributed by atoms with Gasteiger partial charge in [0.05, 0.1) is 0 Å². The quantitative estimate of drug-likeness (QED) is 0.188. The Morgan fingerprint density at radius 2 is 0.400 bits per heavy atom. The Labute approximate surface area is 130 Å². The normalized spacial score (nSPS) is 6.60. The molecule has 0 rings (SSSR count). The summed E-state index contributed by atoms with van der Waals surface area (Å²) in [7, 11) is 0. The van der Waals surface area contributed by atoms with Crippen LogP contribution in [-0.2, 0) is 62.9 Å². The molecule has 0 bridgehead atoms. The van der Waals surface area contributed by atoms with Crippen molar-refractivity contribution < 1.29 is 93.5 Å². The molecular formula is C6H6Fe2O12. The van der Waals surface area contributed by atoms with Gasteiger partial charge in [-0.2, -0.15) is 0 Å². The van der Waals surface area contributed by atoms with Crippen molar-refractivity contribution in [2.75, 3.05) is 0 Å². The SMILES string of the molecule is O=C(O)C(=O)O.O=C(O)C(=O)O.O=C(O)C(=O)O.[Fe].[Fe]. The summed E-state index contributed by atoms with van der Waals surface area (Å²) in [5, 5.41) is 44.3. The molecular weight excluding hydrogens is 376 g/mol. The summed E-state index contributed by atoms with van der Waals surface area (Å²) in [6.07, 6.45) is 0. The monoisotopic (exact) mass is 382 g/mol. The summed E-state index contributed by atoms with van der Waals surface area (Å²) in [6.45, 7) is 0. The van der Waals surface area contributed by atoms with Gasteiger partial charge in [-0.05, 0) is 0 Å². The van der Waals surface area contributed by atoms with E-state index in [1.807, 2.05) is 0 Å². The molecule has 0 aromatic heterocycles. The number of carbonyl (C=O) groups is 6. The van der Waals surface area contributed by atoms with Gasteiger partial charge in [0.25, 0.3) is 0 Å². The topological polar surface area (TPSA) is 224 Å². The molecule has 0 aliphatic heterocycles. The summed E-state index contributed by atoms with van der Waals surface area (Å²) in [5.74, 6) is -10.9. The Bertz CT molecular complexity index is 281. The number of rotatable bonds is 0. The second-order valence-corrected chi connectivity index (χ2v) is 1.83. The standard InChI is InChI=1S/3C2H2O4.2Fe/c3*3-1(4)2(5)6;;/h3*(H,3,4)(H,5,6);;. The zero-order valence-electron chi connectivity index (χ0n) is 8.84. The van der Waals surface area contributed by atoms with Crippen molar-refractivity contribution in [3.63, 3.8) is 0 Å². The maximum Gasteiger partial charge on any atom is 0.414 e. The zero-order valence-corrected chi connectivity index (χ0v) is 11.0. The third-order valence-electron chi connectivity index (χ3n) is 0.549. The van der Waals surface area contributed by atoms with Gasteiger partial charge in [-0.15, -0.1) is 0 Å². The minimum atomic E-state index is -1.82. The molecule has 0 saturated heterocycles. The van der Waals surface area contributed by atoms with Crippen molar-refractivity contribution in [1.29, 1.82) is 0 Å². The smallest absolute Gasteiger partial charge is 0.414 e. The molecule has 0 atom stereocenters. The molecule has 0 amide bonds. The van der Waals surface area contributed by atoms with E-state index in [0.29, 0.717) is 0 Å². The van der Waals surface area contributed by atoms with Gasteiger partial charge in [-0.1, -0.05) is 0 Å². The van der Waals surface area contributed by atoms with E-state index in [4.69, 9.17) is 59.4 Å².